The molecular weight excluding hydrogens is 582 g/mol. The van der Waals surface area contributed by atoms with E-state index in [9.17, 15) is 28.1 Å². The fourth-order valence-electron chi connectivity index (χ4n) is 5.95. The number of carbonyl (C=O) groups excluding carboxylic acids is 2. The molecule has 4 atom stereocenters. The summed E-state index contributed by atoms with van der Waals surface area (Å²) in [4.78, 5) is 39.8. The predicted octanol–water partition coefficient (Wildman–Crippen LogP) is 4.89. The van der Waals surface area contributed by atoms with Crippen LogP contribution in [0.5, 0.6) is 5.75 Å². The molecule has 44 heavy (non-hydrogen) atoms. The molecule has 1 saturated heterocycles. The normalized spacial score (nSPS) is 20.1. The van der Waals surface area contributed by atoms with Crippen LogP contribution in [0.25, 0.3) is 0 Å². The molecule has 0 bridgehead atoms. The van der Waals surface area contributed by atoms with E-state index in [1.54, 1.807) is 98.1 Å². The van der Waals surface area contributed by atoms with Crippen molar-refractivity contribution in [3.8, 4) is 5.75 Å². The van der Waals surface area contributed by atoms with Crippen molar-refractivity contribution in [1.29, 1.82) is 0 Å². The first-order chi connectivity index (χ1) is 21.1. The number of carbonyl (C=O) groups is 2. The van der Waals surface area contributed by atoms with E-state index in [2.05, 4.69) is 5.32 Å². The van der Waals surface area contributed by atoms with E-state index in [0.29, 0.717) is 16.9 Å². The van der Waals surface area contributed by atoms with Gasteiger partial charge in [-0.15, -0.1) is 0 Å². The predicted molar refractivity (Wildman–Crippen MR) is 165 cm³/mol. The number of amides is 1. The van der Waals surface area contributed by atoms with Gasteiger partial charge in [0.05, 0.1) is 30.2 Å². The summed E-state index contributed by atoms with van der Waals surface area (Å²) in [6.07, 6.45) is 0.985. The van der Waals surface area contributed by atoms with Crippen LogP contribution in [0.3, 0.4) is 0 Å². The topological polar surface area (TPSA) is 136 Å². The Balaban J connectivity index is 1.69. The van der Waals surface area contributed by atoms with Crippen molar-refractivity contribution in [2.24, 2.45) is 5.92 Å². The number of rotatable bonds is 10. The van der Waals surface area contributed by atoms with Gasteiger partial charge in [0, 0.05) is 30.2 Å². The third-order valence-corrected chi connectivity index (χ3v) is 9.08. The lowest BCUT2D eigenvalue weighted by atomic mass is 9.76. The van der Waals surface area contributed by atoms with Gasteiger partial charge < -0.3 is 10.1 Å². The minimum Gasteiger partial charge on any atom is -0.497 e. The molecule has 1 amide bonds. The summed E-state index contributed by atoms with van der Waals surface area (Å²) in [6.45, 7) is 0.0945. The number of benzene rings is 4. The third-order valence-electron chi connectivity index (χ3n) is 7.86. The van der Waals surface area contributed by atoms with Crippen LogP contribution in [0, 0.1) is 16.0 Å². The number of hydrogen-bond donors (Lipinski definition) is 1. The Morgan fingerprint density at radius 1 is 0.886 bits per heavy atom. The Kier molecular flexibility index (Phi) is 8.88. The molecule has 1 N–H and O–H groups in total. The number of Topliss-reactive ketones (excluding diaryl/α,β-unsaturated/α-hetero) is 1. The molecule has 1 aliphatic heterocycles. The highest BCUT2D eigenvalue weighted by Crippen LogP contribution is 2.52. The monoisotopic (exact) mass is 613 g/mol. The molecular formula is C33H31N3O7S. The second-order valence-corrected chi connectivity index (χ2v) is 12.5. The van der Waals surface area contributed by atoms with E-state index < -0.39 is 44.8 Å². The number of nitro groups is 1. The summed E-state index contributed by atoms with van der Waals surface area (Å²) in [5.41, 5.74) is 1.66. The quantitative estimate of drug-likeness (QED) is 0.153. The van der Waals surface area contributed by atoms with Crippen molar-refractivity contribution in [1.82, 2.24) is 9.62 Å². The highest BCUT2D eigenvalue weighted by Gasteiger charge is 2.58. The molecule has 11 heteroatoms. The van der Waals surface area contributed by atoms with E-state index in [1.165, 1.54) is 18.2 Å². The summed E-state index contributed by atoms with van der Waals surface area (Å²) in [6, 6.07) is 27.4. The zero-order valence-electron chi connectivity index (χ0n) is 24.1. The Bertz CT molecular complexity index is 1760. The van der Waals surface area contributed by atoms with Crippen molar-refractivity contribution in [2.75, 3.05) is 13.4 Å². The summed E-state index contributed by atoms with van der Waals surface area (Å²) >= 11 is 0. The number of methoxy groups -OCH3 is 1. The van der Waals surface area contributed by atoms with Gasteiger partial charge in [-0.1, -0.05) is 84.9 Å². The maximum Gasteiger partial charge on any atom is 0.269 e. The van der Waals surface area contributed by atoms with Gasteiger partial charge in [-0.3, -0.25) is 19.7 Å². The largest absolute Gasteiger partial charge is 0.497 e. The molecule has 0 saturated carbocycles. The summed E-state index contributed by atoms with van der Waals surface area (Å²) in [5.74, 6) is -2.34. The Morgan fingerprint density at radius 2 is 1.50 bits per heavy atom. The number of sulfonamides is 1. The van der Waals surface area contributed by atoms with Crippen molar-refractivity contribution in [3.63, 3.8) is 0 Å². The zero-order chi connectivity index (χ0) is 31.4. The lowest BCUT2D eigenvalue weighted by molar-refractivity contribution is -0.385. The van der Waals surface area contributed by atoms with Crippen LogP contribution in [0.4, 0.5) is 5.69 Å². The van der Waals surface area contributed by atoms with Gasteiger partial charge in [-0.05, 0) is 28.8 Å². The molecule has 1 aliphatic rings. The fraction of sp³-hybridized carbons (Fsp3) is 0.212. The van der Waals surface area contributed by atoms with Crippen molar-refractivity contribution >= 4 is 27.4 Å². The lowest BCUT2D eigenvalue weighted by Crippen LogP contribution is -2.48. The number of hydrogen-bond acceptors (Lipinski definition) is 7. The fourth-order valence-corrected chi connectivity index (χ4v) is 7.26. The van der Waals surface area contributed by atoms with Crippen molar-refractivity contribution < 1.29 is 27.7 Å². The van der Waals surface area contributed by atoms with Crippen molar-refractivity contribution in [2.45, 2.75) is 24.5 Å². The number of ketones is 1. The molecule has 5 rings (SSSR count). The first-order valence-corrected chi connectivity index (χ1v) is 15.7. The molecule has 1 heterocycles. The number of non-ortho nitro benzene ring substituents is 1. The number of nitro benzene ring substituents is 1. The van der Waals surface area contributed by atoms with E-state index in [4.69, 9.17) is 4.74 Å². The first-order valence-electron chi connectivity index (χ1n) is 13.9. The van der Waals surface area contributed by atoms with E-state index in [-0.39, 0.29) is 23.6 Å². The van der Waals surface area contributed by atoms with Gasteiger partial charge in [0.15, 0.2) is 5.78 Å². The van der Waals surface area contributed by atoms with E-state index in [0.717, 1.165) is 16.1 Å². The van der Waals surface area contributed by atoms with Gasteiger partial charge in [0.2, 0.25) is 15.9 Å². The Morgan fingerprint density at radius 3 is 2.09 bits per heavy atom. The maximum absolute atomic E-state index is 14.4. The minimum absolute atomic E-state index is 0.0945. The molecule has 226 valence electrons. The van der Waals surface area contributed by atoms with Crippen LogP contribution in [-0.2, 0) is 21.4 Å². The molecule has 10 nitrogen and oxygen atoms in total. The van der Waals surface area contributed by atoms with Gasteiger partial charge in [0.25, 0.3) is 5.69 Å². The minimum atomic E-state index is -4.17. The van der Waals surface area contributed by atoms with Crippen LogP contribution in [0.2, 0.25) is 0 Å². The third kappa shape index (κ3) is 6.24. The highest BCUT2D eigenvalue weighted by atomic mass is 32.2. The molecule has 4 unspecified atom stereocenters. The van der Waals surface area contributed by atoms with Gasteiger partial charge in [-0.2, -0.15) is 4.31 Å². The van der Waals surface area contributed by atoms with Crippen molar-refractivity contribution in [3.05, 3.63) is 142 Å². The van der Waals surface area contributed by atoms with Crippen LogP contribution in [0.15, 0.2) is 109 Å². The second-order valence-electron chi connectivity index (χ2n) is 10.6. The van der Waals surface area contributed by atoms with Gasteiger partial charge >= 0.3 is 0 Å². The first kappa shape index (κ1) is 30.6. The smallest absolute Gasteiger partial charge is 0.269 e. The Hall–Kier alpha value is -4.87. The molecule has 0 spiro atoms. The van der Waals surface area contributed by atoms with E-state index >= 15 is 0 Å². The zero-order valence-corrected chi connectivity index (χ0v) is 24.9. The SMILES string of the molecule is COc1ccc(CNC(=O)C2C(c3ccccc3)C(C(=O)c3ccccc3)C(c3cccc([N+](=O)[O-])c3)N2S(C)(=O)=O)cc1. The van der Waals surface area contributed by atoms with E-state index in [1.807, 2.05) is 0 Å². The summed E-state index contributed by atoms with van der Waals surface area (Å²) in [5, 5.41) is 14.6. The average Bonchev–Trinajstić information content (AvgIpc) is 3.41. The summed E-state index contributed by atoms with van der Waals surface area (Å²) in [7, 11) is -2.63. The molecule has 4 aromatic rings. The molecule has 1 fully saturated rings. The number of nitrogens with one attached hydrogen (secondary N) is 1. The average molecular weight is 614 g/mol. The summed E-state index contributed by atoms with van der Waals surface area (Å²) < 4.78 is 33.6. The molecule has 0 aromatic heterocycles. The molecule has 4 aromatic carbocycles. The number of ether oxygens (including phenoxy) is 1. The van der Waals surface area contributed by atoms with Gasteiger partial charge in [-0.25, -0.2) is 8.42 Å². The Labute approximate surface area is 255 Å². The molecule has 0 aliphatic carbocycles. The van der Waals surface area contributed by atoms with Crippen LogP contribution in [-0.4, -0.2) is 48.7 Å². The highest BCUT2D eigenvalue weighted by molar-refractivity contribution is 7.88. The molecule has 0 radical (unpaired) electrons. The van der Waals surface area contributed by atoms with Crippen LogP contribution >= 0.6 is 0 Å². The maximum atomic E-state index is 14.4. The second kappa shape index (κ2) is 12.8. The van der Waals surface area contributed by atoms with Crippen LogP contribution in [0.1, 0.15) is 39.0 Å². The van der Waals surface area contributed by atoms with Crippen LogP contribution < -0.4 is 10.1 Å². The standard InChI is InChI=1S/C33H31N3O7S/c1-43-27-18-16-22(17-19-27)21-34-33(38)31-28(23-10-5-3-6-11-23)29(32(37)24-12-7-4-8-13-24)30(35(31)44(2,41)42)25-14-9-15-26(20-25)36(39)40/h3-20,28-31H,21H2,1-2H3,(H,34,38). The number of nitrogens with zero attached hydrogens (tertiary/aromatic N) is 2. The lowest BCUT2D eigenvalue weighted by Gasteiger charge is -2.29. The van der Waals surface area contributed by atoms with Gasteiger partial charge in [0.1, 0.15) is 11.8 Å².